The van der Waals surface area contributed by atoms with E-state index >= 15 is 0 Å². The summed E-state index contributed by atoms with van der Waals surface area (Å²) in [6.45, 7) is 4.91. The van der Waals surface area contributed by atoms with Gasteiger partial charge in [0.25, 0.3) is 0 Å². The maximum atomic E-state index is 11.5. The van der Waals surface area contributed by atoms with Gasteiger partial charge < -0.3 is 14.6 Å². The minimum atomic E-state index is -1.08. The number of carboxylic acid groups (broad SMARTS) is 1. The minimum Gasteiger partial charge on any atom is -0.481 e. The summed E-state index contributed by atoms with van der Waals surface area (Å²) in [6, 6.07) is 0. The molecule has 2 bridgehead atoms. The second-order valence-corrected chi connectivity index (χ2v) is 4.74. The molecule has 2 fully saturated rings. The Balaban J connectivity index is 2.18. The number of hydrogen-bond donors (Lipinski definition) is 1. The molecule has 0 aromatic heterocycles. The van der Waals surface area contributed by atoms with Crippen molar-refractivity contribution in [3.05, 3.63) is 12.2 Å². The Kier molecular flexibility index (Phi) is 3.11. The highest BCUT2D eigenvalue weighted by molar-refractivity contribution is 5.87. The molecular weight excluding hydrogens is 240 g/mol. The zero-order chi connectivity index (χ0) is 13.4. The molecule has 4 unspecified atom stereocenters. The number of aliphatic carboxylic acids is 1. The van der Waals surface area contributed by atoms with Crippen molar-refractivity contribution in [3.8, 4) is 0 Å². The third-order valence-corrected chi connectivity index (χ3v) is 3.33. The summed E-state index contributed by atoms with van der Waals surface area (Å²) in [5, 5.41) is 9.13. The SMILES string of the molecule is C=C(C)C(=O)OC1C2CC(CC1C(=O)O)C(=O)O2. The molecule has 18 heavy (non-hydrogen) atoms. The van der Waals surface area contributed by atoms with Crippen LogP contribution in [0, 0.1) is 11.8 Å². The van der Waals surface area contributed by atoms with Gasteiger partial charge in [0.2, 0.25) is 0 Å². The molecule has 0 amide bonds. The van der Waals surface area contributed by atoms with Crippen LogP contribution in [0.2, 0.25) is 0 Å². The van der Waals surface area contributed by atoms with Gasteiger partial charge in [-0.25, -0.2) is 4.79 Å². The standard InChI is InChI=1S/C12H14O6/c1-5(2)11(15)18-9-7(10(13)14)3-6-4-8(9)17-12(6)16/h6-9H,1,3-4H2,2H3,(H,13,14). The molecule has 0 spiro atoms. The van der Waals surface area contributed by atoms with Crippen LogP contribution >= 0.6 is 0 Å². The van der Waals surface area contributed by atoms with Gasteiger partial charge in [-0.3, -0.25) is 9.59 Å². The van der Waals surface area contributed by atoms with Crippen molar-refractivity contribution < 1.29 is 29.0 Å². The van der Waals surface area contributed by atoms with Gasteiger partial charge >= 0.3 is 17.9 Å². The molecule has 2 rings (SSSR count). The molecule has 6 nitrogen and oxygen atoms in total. The summed E-state index contributed by atoms with van der Waals surface area (Å²) in [7, 11) is 0. The molecular formula is C12H14O6. The zero-order valence-corrected chi connectivity index (χ0v) is 9.92. The first-order valence-electron chi connectivity index (χ1n) is 5.70. The predicted octanol–water partition coefficient (Wildman–Crippen LogP) is 0.510. The van der Waals surface area contributed by atoms with Crippen LogP contribution in [0.4, 0.5) is 0 Å². The van der Waals surface area contributed by atoms with E-state index in [1.54, 1.807) is 0 Å². The summed E-state index contributed by atoms with van der Waals surface area (Å²) in [6.07, 6.45) is -1.01. The van der Waals surface area contributed by atoms with Crippen LogP contribution in [0.1, 0.15) is 19.8 Å². The van der Waals surface area contributed by atoms with Gasteiger partial charge in [-0.1, -0.05) is 6.58 Å². The van der Waals surface area contributed by atoms with E-state index in [9.17, 15) is 14.4 Å². The number of carbonyl (C=O) groups excluding carboxylic acids is 2. The van der Waals surface area contributed by atoms with Crippen molar-refractivity contribution in [2.75, 3.05) is 0 Å². The molecule has 4 atom stereocenters. The second-order valence-electron chi connectivity index (χ2n) is 4.74. The molecule has 98 valence electrons. The van der Waals surface area contributed by atoms with E-state index in [1.165, 1.54) is 6.92 Å². The first-order chi connectivity index (χ1) is 8.40. The lowest BCUT2D eigenvalue weighted by atomic mass is 9.79. The maximum Gasteiger partial charge on any atom is 0.333 e. The van der Waals surface area contributed by atoms with Crippen molar-refractivity contribution >= 4 is 17.9 Å². The number of carboxylic acids is 1. The normalized spacial score (nSPS) is 33.7. The van der Waals surface area contributed by atoms with Crippen LogP contribution in [-0.4, -0.2) is 35.2 Å². The quantitative estimate of drug-likeness (QED) is 0.583. The van der Waals surface area contributed by atoms with Crippen LogP contribution in [-0.2, 0) is 23.9 Å². The molecule has 6 heteroatoms. The molecule has 1 N–H and O–H groups in total. The van der Waals surface area contributed by atoms with Crippen molar-refractivity contribution in [1.29, 1.82) is 0 Å². The van der Waals surface area contributed by atoms with Gasteiger partial charge in [0.15, 0.2) is 6.10 Å². The van der Waals surface area contributed by atoms with E-state index in [-0.39, 0.29) is 12.0 Å². The lowest BCUT2D eigenvalue weighted by molar-refractivity contribution is -0.168. The topological polar surface area (TPSA) is 89.9 Å². The summed E-state index contributed by atoms with van der Waals surface area (Å²) < 4.78 is 10.2. The smallest absolute Gasteiger partial charge is 0.333 e. The summed E-state index contributed by atoms with van der Waals surface area (Å²) >= 11 is 0. The van der Waals surface area contributed by atoms with Gasteiger partial charge in [0, 0.05) is 12.0 Å². The Morgan fingerprint density at radius 3 is 2.67 bits per heavy atom. The van der Waals surface area contributed by atoms with E-state index in [1.807, 2.05) is 0 Å². The molecule has 0 aromatic rings. The van der Waals surface area contributed by atoms with Crippen molar-refractivity contribution in [2.24, 2.45) is 11.8 Å². The van der Waals surface area contributed by atoms with Crippen molar-refractivity contribution in [1.82, 2.24) is 0 Å². The lowest BCUT2D eigenvalue weighted by Crippen LogP contribution is -2.44. The summed E-state index contributed by atoms with van der Waals surface area (Å²) in [5.41, 5.74) is 0.186. The number of hydrogen-bond acceptors (Lipinski definition) is 5. The van der Waals surface area contributed by atoms with E-state index in [0.717, 1.165) is 0 Å². The Morgan fingerprint density at radius 1 is 1.44 bits per heavy atom. The van der Waals surface area contributed by atoms with E-state index < -0.39 is 42.0 Å². The molecule has 1 aliphatic heterocycles. The Bertz CT molecular complexity index is 426. The Hall–Kier alpha value is -1.85. The highest BCUT2D eigenvalue weighted by Gasteiger charge is 2.52. The highest BCUT2D eigenvalue weighted by Crippen LogP contribution is 2.39. The monoisotopic (exact) mass is 254 g/mol. The number of esters is 2. The minimum absolute atomic E-state index is 0.152. The molecule has 1 aliphatic carbocycles. The molecule has 0 radical (unpaired) electrons. The first kappa shape index (κ1) is 12.6. The summed E-state index contributed by atoms with van der Waals surface area (Å²) in [4.78, 5) is 34.1. The fraction of sp³-hybridized carbons (Fsp3) is 0.583. The molecule has 0 aromatic carbocycles. The van der Waals surface area contributed by atoms with Crippen LogP contribution in [0.3, 0.4) is 0 Å². The fourth-order valence-corrected chi connectivity index (χ4v) is 2.39. The summed E-state index contributed by atoms with van der Waals surface area (Å²) in [5.74, 6) is -3.44. The lowest BCUT2D eigenvalue weighted by Gasteiger charge is -2.30. The fourth-order valence-electron chi connectivity index (χ4n) is 2.39. The predicted molar refractivity (Wildman–Crippen MR) is 58.4 cm³/mol. The molecule has 1 saturated carbocycles. The molecule has 1 saturated heterocycles. The van der Waals surface area contributed by atoms with Crippen LogP contribution in [0.25, 0.3) is 0 Å². The van der Waals surface area contributed by atoms with Crippen molar-refractivity contribution in [3.63, 3.8) is 0 Å². The first-order valence-corrected chi connectivity index (χ1v) is 5.70. The van der Waals surface area contributed by atoms with Crippen LogP contribution in [0.15, 0.2) is 12.2 Å². The van der Waals surface area contributed by atoms with E-state index in [0.29, 0.717) is 6.42 Å². The van der Waals surface area contributed by atoms with E-state index in [4.69, 9.17) is 14.6 Å². The average Bonchev–Trinajstić information content (AvgIpc) is 2.58. The maximum absolute atomic E-state index is 11.5. The third kappa shape index (κ3) is 2.10. The van der Waals surface area contributed by atoms with Gasteiger partial charge in [0.1, 0.15) is 6.10 Å². The number of ether oxygens (including phenoxy) is 2. The van der Waals surface area contributed by atoms with Gasteiger partial charge in [0.05, 0.1) is 11.8 Å². The molecule has 2 aliphatic rings. The number of fused-ring (bicyclic) bond motifs is 2. The average molecular weight is 254 g/mol. The number of rotatable bonds is 3. The zero-order valence-electron chi connectivity index (χ0n) is 9.92. The third-order valence-electron chi connectivity index (χ3n) is 3.33. The van der Waals surface area contributed by atoms with Crippen molar-refractivity contribution in [2.45, 2.75) is 32.0 Å². The van der Waals surface area contributed by atoms with E-state index in [2.05, 4.69) is 6.58 Å². The largest absolute Gasteiger partial charge is 0.481 e. The Morgan fingerprint density at radius 2 is 2.11 bits per heavy atom. The van der Waals surface area contributed by atoms with Gasteiger partial charge in [-0.15, -0.1) is 0 Å². The van der Waals surface area contributed by atoms with Crippen LogP contribution < -0.4 is 0 Å². The van der Waals surface area contributed by atoms with Crippen LogP contribution in [0.5, 0.6) is 0 Å². The highest BCUT2D eigenvalue weighted by atomic mass is 16.6. The molecule has 1 heterocycles. The number of carbonyl (C=O) groups is 3. The second kappa shape index (κ2) is 4.44. The van der Waals surface area contributed by atoms with Gasteiger partial charge in [-0.05, 0) is 13.3 Å². The Labute approximate surface area is 104 Å². The van der Waals surface area contributed by atoms with Gasteiger partial charge in [-0.2, -0.15) is 0 Å².